The lowest BCUT2D eigenvalue weighted by Crippen LogP contribution is -2.52. The number of hydrogen-bond acceptors (Lipinski definition) is 7. The molecule has 0 bridgehead atoms. The Bertz CT molecular complexity index is 1530. The Morgan fingerprint density at radius 2 is 1.90 bits per heavy atom. The van der Waals surface area contributed by atoms with E-state index >= 15 is 0 Å². The summed E-state index contributed by atoms with van der Waals surface area (Å²) in [6.07, 6.45) is 0.293. The average Bonchev–Trinajstić information content (AvgIpc) is 2.89. The average molecular weight is 558 g/mol. The smallest absolute Gasteiger partial charge is 0.403 e. The van der Waals surface area contributed by atoms with Crippen LogP contribution in [-0.4, -0.2) is 54.6 Å². The minimum absolute atomic E-state index is 0.0692. The maximum absolute atomic E-state index is 13.8. The van der Waals surface area contributed by atoms with Crippen molar-refractivity contribution in [2.75, 3.05) is 31.1 Å². The Morgan fingerprint density at radius 3 is 2.65 bits per heavy atom. The van der Waals surface area contributed by atoms with E-state index in [0.29, 0.717) is 49.4 Å². The summed E-state index contributed by atoms with van der Waals surface area (Å²) in [5.41, 5.74) is 7.05. The number of ether oxygens (including phenoxy) is 2. The predicted octanol–water partition coefficient (Wildman–Crippen LogP) is 4.69. The van der Waals surface area contributed by atoms with Crippen LogP contribution < -0.4 is 20.7 Å². The maximum atomic E-state index is 13.8. The van der Waals surface area contributed by atoms with Crippen LogP contribution in [0.5, 0.6) is 5.75 Å². The monoisotopic (exact) mass is 557 g/mol. The third-order valence-electron chi connectivity index (χ3n) is 6.66. The van der Waals surface area contributed by atoms with Gasteiger partial charge in [0, 0.05) is 60.4 Å². The van der Waals surface area contributed by atoms with Crippen molar-refractivity contribution in [3.05, 3.63) is 71.8 Å². The van der Waals surface area contributed by atoms with Gasteiger partial charge in [-0.25, -0.2) is 9.37 Å². The van der Waals surface area contributed by atoms with Crippen LogP contribution in [0, 0.1) is 5.82 Å². The zero-order chi connectivity index (χ0) is 28.3. The first-order valence-corrected chi connectivity index (χ1v) is 12.8. The number of alkyl halides is 3. The van der Waals surface area contributed by atoms with Crippen LogP contribution in [0.1, 0.15) is 28.8 Å². The van der Waals surface area contributed by atoms with Crippen molar-refractivity contribution in [3.63, 3.8) is 0 Å². The van der Waals surface area contributed by atoms with Crippen LogP contribution in [0.3, 0.4) is 0 Å². The van der Waals surface area contributed by atoms with Crippen molar-refractivity contribution in [3.8, 4) is 5.75 Å². The third kappa shape index (κ3) is 6.40. The first kappa shape index (κ1) is 27.5. The lowest BCUT2D eigenvalue weighted by atomic mass is 10.0. The summed E-state index contributed by atoms with van der Waals surface area (Å²) >= 11 is 0. The second kappa shape index (κ2) is 11.6. The number of hydrogen-bond donors (Lipinski definition) is 2. The number of nitrogens with zero attached hydrogens (tertiary/aromatic N) is 3. The molecule has 2 aromatic heterocycles. The number of carbonyl (C=O) groups excluding carboxylic acids is 1. The first-order valence-electron chi connectivity index (χ1n) is 12.8. The van der Waals surface area contributed by atoms with E-state index in [9.17, 15) is 22.4 Å². The molecular weight excluding hydrogens is 530 g/mol. The number of fused-ring (bicyclic) bond motifs is 3. The molecule has 210 valence electrons. The van der Waals surface area contributed by atoms with Crippen LogP contribution in [0.25, 0.3) is 21.7 Å². The van der Waals surface area contributed by atoms with Crippen molar-refractivity contribution < 1.29 is 31.8 Å². The maximum Gasteiger partial charge on any atom is 0.573 e. The number of anilines is 1. The van der Waals surface area contributed by atoms with Crippen LogP contribution >= 0.6 is 0 Å². The fourth-order valence-electron chi connectivity index (χ4n) is 4.64. The van der Waals surface area contributed by atoms with E-state index in [1.165, 1.54) is 6.07 Å². The van der Waals surface area contributed by atoms with E-state index in [-0.39, 0.29) is 6.10 Å². The summed E-state index contributed by atoms with van der Waals surface area (Å²) in [5, 5.41) is 5.97. The van der Waals surface area contributed by atoms with E-state index in [0.717, 1.165) is 47.0 Å². The molecule has 40 heavy (non-hydrogen) atoms. The summed E-state index contributed by atoms with van der Waals surface area (Å²) in [7, 11) is 0. The number of unbranched alkanes of at least 4 members (excludes halogenated alkanes) is 1. The van der Waals surface area contributed by atoms with Gasteiger partial charge in [0.1, 0.15) is 5.82 Å². The molecule has 2 aromatic carbocycles. The van der Waals surface area contributed by atoms with E-state index in [1.54, 1.807) is 24.5 Å². The number of nitrogens with one attached hydrogen (secondary N) is 1. The molecule has 0 radical (unpaired) electrons. The fraction of sp³-hybridized carbons (Fsp3) is 0.321. The Balaban J connectivity index is 1.06. The van der Waals surface area contributed by atoms with E-state index in [1.807, 2.05) is 12.1 Å². The summed E-state index contributed by atoms with van der Waals surface area (Å²) in [5.74, 6) is -1.60. The van der Waals surface area contributed by atoms with Crippen LogP contribution in [0.15, 0.2) is 54.9 Å². The molecule has 0 atom stereocenters. The number of rotatable bonds is 11. The van der Waals surface area contributed by atoms with Crippen LogP contribution in [0.4, 0.5) is 23.4 Å². The van der Waals surface area contributed by atoms with Gasteiger partial charge in [0.15, 0.2) is 11.6 Å². The highest BCUT2D eigenvalue weighted by molar-refractivity contribution is 6.11. The molecule has 12 heteroatoms. The van der Waals surface area contributed by atoms with Gasteiger partial charge in [-0.3, -0.25) is 9.78 Å². The molecule has 1 amide bonds. The summed E-state index contributed by atoms with van der Waals surface area (Å²) < 4.78 is 60.2. The Kier molecular flexibility index (Phi) is 7.99. The predicted molar refractivity (Wildman–Crippen MR) is 142 cm³/mol. The second-order valence-electron chi connectivity index (χ2n) is 9.55. The third-order valence-corrected chi connectivity index (χ3v) is 6.66. The van der Waals surface area contributed by atoms with Gasteiger partial charge >= 0.3 is 6.36 Å². The van der Waals surface area contributed by atoms with Crippen molar-refractivity contribution in [2.45, 2.75) is 31.9 Å². The molecule has 1 aliphatic heterocycles. The normalized spacial score (nSPS) is 14.1. The van der Waals surface area contributed by atoms with E-state index in [4.69, 9.17) is 15.5 Å². The Labute approximate surface area is 227 Å². The van der Waals surface area contributed by atoms with Crippen LogP contribution in [0.2, 0.25) is 0 Å². The van der Waals surface area contributed by atoms with Crippen LogP contribution in [-0.2, 0) is 11.3 Å². The molecule has 3 N–H and O–H groups in total. The van der Waals surface area contributed by atoms with Gasteiger partial charge in [0.05, 0.1) is 11.6 Å². The lowest BCUT2D eigenvalue weighted by molar-refractivity contribution is -0.275. The quantitative estimate of drug-likeness (QED) is 0.157. The van der Waals surface area contributed by atoms with E-state index < -0.39 is 23.8 Å². The number of benzene rings is 2. The van der Waals surface area contributed by atoms with Gasteiger partial charge in [-0.15, -0.1) is 13.2 Å². The molecule has 1 aliphatic rings. The highest BCUT2D eigenvalue weighted by Gasteiger charge is 2.32. The SMILES string of the molecule is NC(=O)c1ccc2c(c1)nc(N1CC(OCCCCNCc3ccc(OC(F)(F)F)c(F)c3)C1)c1ccncc12. The molecule has 0 aliphatic carbocycles. The molecule has 0 saturated carbocycles. The van der Waals surface area contributed by atoms with Gasteiger partial charge in [0.2, 0.25) is 5.91 Å². The number of primary amides is 1. The minimum Gasteiger partial charge on any atom is -0.403 e. The number of carbonyl (C=O) groups is 1. The van der Waals surface area contributed by atoms with Crippen molar-refractivity contribution in [2.24, 2.45) is 5.73 Å². The van der Waals surface area contributed by atoms with Crippen molar-refractivity contribution in [1.82, 2.24) is 15.3 Å². The zero-order valence-corrected chi connectivity index (χ0v) is 21.4. The molecule has 0 spiro atoms. The van der Waals surface area contributed by atoms with Gasteiger partial charge < -0.3 is 25.4 Å². The molecule has 4 aromatic rings. The number of pyridine rings is 2. The standard InChI is InChI=1S/C28H27F4N5O3/c29-23-11-17(3-6-25(23)40-28(30,31)32)13-34-8-1-2-10-39-19-15-37(16-19)27-21-7-9-35-14-22(21)20-5-4-18(26(33)38)12-24(20)36-27/h3-7,9,11-12,14,19,34H,1-2,8,10,13,15-16H2,(H2,33,38). The number of aromatic nitrogens is 2. The van der Waals surface area contributed by atoms with E-state index in [2.05, 4.69) is 19.9 Å². The van der Waals surface area contributed by atoms with Gasteiger partial charge in [-0.2, -0.15) is 0 Å². The molecule has 8 nitrogen and oxygen atoms in total. The number of halogens is 4. The lowest BCUT2D eigenvalue weighted by Gasteiger charge is -2.40. The largest absolute Gasteiger partial charge is 0.573 e. The van der Waals surface area contributed by atoms with Gasteiger partial charge in [0.25, 0.3) is 0 Å². The topological polar surface area (TPSA) is 103 Å². The van der Waals surface area contributed by atoms with Crippen molar-refractivity contribution >= 4 is 33.4 Å². The fourth-order valence-corrected chi connectivity index (χ4v) is 4.64. The first-order chi connectivity index (χ1) is 19.2. The minimum atomic E-state index is -4.93. The Hall–Kier alpha value is -4.03. The van der Waals surface area contributed by atoms with Gasteiger partial charge in [-0.1, -0.05) is 12.1 Å². The number of amides is 1. The number of nitrogens with two attached hydrogens (primary N) is 1. The summed E-state index contributed by atoms with van der Waals surface area (Å²) in [4.78, 5) is 22.9. The van der Waals surface area contributed by atoms with Crippen molar-refractivity contribution in [1.29, 1.82) is 0 Å². The molecule has 1 saturated heterocycles. The highest BCUT2D eigenvalue weighted by atomic mass is 19.4. The molecule has 5 rings (SSSR count). The molecule has 3 heterocycles. The molecular formula is C28H27F4N5O3. The van der Waals surface area contributed by atoms with Gasteiger partial charge in [-0.05, 0) is 55.3 Å². The highest BCUT2D eigenvalue weighted by Crippen LogP contribution is 2.34. The Morgan fingerprint density at radius 1 is 1.07 bits per heavy atom. The summed E-state index contributed by atoms with van der Waals surface area (Å²) in [6.45, 7) is 2.92. The molecule has 0 unspecified atom stereocenters. The second-order valence-corrected chi connectivity index (χ2v) is 9.55. The zero-order valence-electron chi connectivity index (χ0n) is 21.4. The molecule has 1 fully saturated rings. The summed E-state index contributed by atoms with van der Waals surface area (Å²) in [6, 6.07) is 10.6.